The minimum Gasteiger partial charge on any atom is -0.496 e. The molecule has 0 aliphatic rings. The second kappa shape index (κ2) is 7.09. The monoisotopic (exact) mass is 279 g/mol. The molecule has 0 aromatic heterocycles. The molecule has 0 bridgehead atoms. The van der Waals surface area contributed by atoms with Crippen LogP contribution in [0.4, 0.5) is 0 Å². The van der Waals surface area contributed by atoms with Crippen molar-refractivity contribution < 1.29 is 9.47 Å². The van der Waals surface area contributed by atoms with Crippen LogP contribution in [0.5, 0.6) is 5.75 Å². The lowest BCUT2D eigenvalue weighted by atomic mass is 9.81. The van der Waals surface area contributed by atoms with Crippen LogP contribution in [-0.4, -0.2) is 26.9 Å². The summed E-state index contributed by atoms with van der Waals surface area (Å²) in [4.78, 5) is 0. The topological polar surface area (TPSA) is 30.5 Å². The molecule has 1 N–H and O–H groups in total. The molecular formula is C17H29NO2. The highest BCUT2D eigenvalue weighted by molar-refractivity contribution is 5.40. The lowest BCUT2D eigenvalue weighted by molar-refractivity contribution is -0.0120. The molecule has 0 fully saturated rings. The molecule has 0 aliphatic carbocycles. The Kier molecular flexibility index (Phi) is 6.03. The SMILES string of the molecule is CCNC(c1cc(C)ccc1OC)C(OC)C(C)(C)C. The lowest BCUT2D eigenvalue weighted by Gasteiger charge is -2.37. The van der Waals surface area contributed by atoms with Crippen molar-refractivity contribution in [3.8, 4) is 5.75 Å². The first-order chi connectivity index (χ1) is 9.35. The maximum absolute atomic E-state index is 5.81. The molecule has 20 heavy (non-hydrogen) atoms. The highest BCUT2D eigenvalue weighted by Gasteiger charge is 2.34. The maximum atomic E-state index is 5.81. The molecule has 1 aromatic carbocycles. The van der Waals surface area contributed by atoms with E-state index in [4.69, 9.17) is 9.47 Å². The van der Waals surface area contributed by atoms with Gasteiger partial charge in [-0.15, -0.1) is 0 Å². The van der Waals surface area contributed by atoms with Crippen LogP contribution in [0.15, 0.2) is 18.2 Å². The fourth-order valence-electron chi connectivity index (χ4n) is 2.69. The number of nitrogens with one attached hydrogen (secondary N) is 1. The van der Waals surface area contributed by atoms with E-state index < -0.39 is 0 Å². The predicted octanol–water partition coefficient (Wildman–Crippen LogP) is 3.72. The van der Waals surface area contributed by atoms with Gasteiger partial charge in [0.1, 0.15) is 5.75 Å². The van der Waals surface area contributed by atoms with Gasteiger partial charge in [0.25, 0.3) is 0 Å². The molecule has 0 aliphatic heterocycles. The summed E-state index contributed by atoms with van der Waals surface area (Å²) < 4.78 is 11.3. The van der Waals surface area contributed by atoms with Gasteiger partial charge in [-0.2, -0.15) is 0 Å². The van der Waals surface area contributed by atoms with Crippen molar-refractivity contribution in [2.45, 2.75) is 46.8 Å². The van der Waals surface area contributed by atoms with Crippen molar-refractivity contribution in [1.82, 2.24) is 5.32 Å². The van der Waals surface area contributed by atoms with E-state index in [1.54, 1.807) is 14.2 Å². The minimum atomic E-state index is 0.0380. The highest BCUT2D eigenvalue weighted by Crippen LogP contribution is 2.36. The molecule has 0 amide bonds. The standard InChI is InChI=1S/C17H29NO2/c1-8-18-15(16(20-7)17(3,4)5)13-11-12(2)9-10-14(13)19-6/h9-11,15-16,18H,8H2,1-7H3. The number of methoxy groups -OCH3 is 2. The summed E-state index contributed by atoms with van der Waals surface area (Å²) in [5.41, 5.74) is 2.43. The van der Waals surface area contributed by atoms with Crippen LogP contribution < -0.4 is 10.1 Å². The van der Waals surface area contributed by atoms with Crippen molar-refractivity contribution in [2.24, 2.45) is 5.41 Å². The van der Waals surface area contributed by atoms with Gasteiger partial charge in [-0.3, -0.25) is 0 Å². The van der Waals surface area contributed by atoms with E-state index in [1.165, 1.54) is 5.56 Å². The third-order valence-electron chi connectivity index (χ3n) is 3.55. The van der Waals surface area contributed by atoms with Gasteiger partial charge in [0.15, 0.2) is 0 Å². The Hall–Kier alpha value is -1.06. The van der Waals surface area contributed by atoms with Gasteiger partial charge in [0.05, 0.1) is 19.3 Å². The average Bonchev–Trinajstić information content (AvgIpc) is 2.37. The molecule has 0 spiro atoms. The third kappa shape index (κ3) is 3.97. The van der Waals surface area contributed by atoms with Gasteiger partial charge in [-0.05, 0) is 24.9 Å². The Morgan fingerprint density at radius 1 is 1.20 bits per heavy atom. The minimum absolute atomic E-state index is 0.0380. The van der Waals surface area contributed by atoms with Gasteiger partial charge < -0.3 is 14.8 Å². The molecule has 1 aromatic rings. The van der Waals surface area contributed by atoms with Gasteiger partial charge in [-0.1, -0.05) is 45.4 Å². The van der Waals surface area contributed by atoms with Crippen LogP contribution >= 0.6 is 0 Å². The quantitative estimate of drug-likeness (QED) is 0.861. The van der Waals surface area contributed by atoms with Crippen LogP contribution in [-0.2, 0) is 4.74 Å². The summed E-state index contributed by atoms with van der Waals surface area (Å²) in [6.07, 6.45) is 0.0677. The van der Waals surface area contributed by atoms with Crippen molar-refractivity contribution in [2.75, 3.05) is 20.8 Å². The Labute approximate surface area is 123 Å². The van der Waals surface area contributed by atoms with Crippen LogP contribution in [0.2, 0.25) is 0 Å². The van der Waals surface area contributed by atoms with E-state index in [-0.39, 0.29) is 17.6 Å². The van der Waals surface area contributed by atoms with Crippen LogP contribution in [0, 0.1) is 12.3 Å². The number of hydrogen-bond donors (Lipinski definition) is 1. The molecule has 0 heterocycles. The Morgan fingerprint density at radius 3 is 2.30 bits per heavy atom. The molecule has 114 valence electrons. The molecule has 3 nitrogen and oxygen atoms in total. The van der Waals surface area contributed by atoms with E-state index >= 15 is 0 Å². The Morgan fingerprint density at radius 2 is 1.85 bits per heavy atom. The van der Waals surface area contributed by atoms with E-state index in [9.17, 15) is 0 Å². The predicted molar refractivity (Wildman–Crippen MR) is 84.4 cm³/mol. The molecular weight excluding hydrogens is 250 g/mol. The number of ether oxygens (including phenoxy) is 2. The summed E-state index contributed by atoms with van der Waals surface area (Å²) in [5, 5.41) is 3.55. The van der Waals surface area contributed by atoms with Crippen molar-refractivity contribution in [1.29, 1.82) is 0 Å². The van der Waals surface area contributed by atoms with Crippen LogP contribution in [0.1, 0.15) is 44.9 Å². The van der Waals surface area contributed by atoms with Gasteiger partial charge in [-0.25, -0.2) is 0 Å². The van der Waals surface area contributed by atoms with E-state index in [2.05, 4.69) is 52.1 Å². The zero-order valence-corrected chi connectivity index (χ0v) is 13.9. The first-order valence-corrected chi connectivity index (χ1v) is 7.25. The smallest absolute Gasteiger partial charge is 0.123 e. The van der Waals surface area contributed by atoms with Crippen molar-refractivity contribution >= 4 is 0 Å². The normalized spacial score (nSPS) is 14.9. The molecule has 1 rings (SSSR count). The van der Waals surface area contributed by atoms with E-state index in [0.717, 1.165) is 17.9 Å². The zero-order chi connectivity index (χ0) is 15.3. The molecule has 0 radical (unpaired) electrons. The van der Waals surface area contributed by atoms with Crippen LogP contribution in [0.25, 0.3) is 0 Å². The number of aryl methyl sites for hydroxylation is 1. The summed E-state index contributed by atoms with van der Waals surface area (Å²) >= 11 is 0. The molecule has 3 heteroatoms. The van der Waals surface area contributed by atoms with E-state index in [0.29, 0.717) is 0 Å². The number of benzene rings is 1. The Bertz CT molecular complexity index is 423. The largest absolute Gasteiger partial charge is 0.496 e. The van der Waals surface area contributed by atoms with Crippen molar-refractivity contribution in [3.63, 3.8) is 0 Å². The molecule has 0 saturated heterocycles. The average molecular weight is 279 g/mol. The molecule has 2 atom stereocenters. The number of likely N-dealkylation sites (N-methyl/N-ethyl adjacent to an activating group) is 1. The van der Waals surface area contributed by atoms with Crippen molar-refractivity contribution in [3.05, 3.63) is 29.3 Å². The zero-order valence-electron chi connectivity index (χ0n) is 13.9. The summed E-state index contributed by atoms with van der Waals surface area (Å²) in [6.45, 7) is 11.7. The summed E-state index contributed by atoms with van der Waals surface area (Å²) in [5.74, 6) is 0.910. The summed E-state index contributed by atoms with van der Waals surface area (Å²) in [7, 11) is 3.50. The second-order valence-corrected chi connectivity index (χ2v) is 6.30. The van der Waals surface area contributed by atoms with Gasteiger partial charge >= 0.3 is 0 Å². The summed E-state index contributed by atoms with van der Waals surface area (Å²) in [6, 6.07) is 6.40. The first-order valence-electron chi connectivity index (χ1n) is 7.25. The van der Waals surface area contributed by atoms with Crippen LogP contribution in [0.3, 0.4) is 0 Å². The third-order valence-corrected chi connectivity index (χ3v) is 3.55. The second-order valence-electron chi connectivity index (χ2n) is 6.30. The molecule has 2 unspecified atom stereocenters. The first kappa shape index (κ1) is 17.0. The van der Waals surface area contributed by atoms with Gasteiger partial charge in [0.2, 0.25) is 0 Å². The fraction of sp³-hybridized carbons (Fsp3) is 0.647. The van der Waals surface area contributed by atoms with E-state index in [1.807, 2.05) is 6.07 Å². The maximum Gasteiger partial charge on any atom is 0.123 e. The number of rotatable bonds is 6. The lowest BCUT2D eigenvalue weighted by Crippen LogP contribution is -2.41. The van der Waals surface area contributed by atoms with Gasteiger partial charge in [0, 0.05) is 12.7 Å². The Balaban J connectivity index is 3.28. The number of hydrogen-bond acceptors (Lipinski definition) is 3. The molecule has 0 saturated carbocycles. The highest BCUT2D eigenvalue weighted by atomic mass is 16.5. The fourth-order valence-corrected chi connectivity index (χ4v) is 2.69.